The zero-order chi connectivity index (χ0) is 21.7. The molecule has 1 aliphatic heterocycles. The second kappa shape index (κ2) is 9.57. The second-order valence-electron chi connectivity index (χ2n) is 6.43. The standard InChI is InChI=1S/C20H20ClNO7S/c1-27-19(23)15-4-2-3-14(11-15)13-29-20(24)16-5-6-17(21)18(12-16)30(25,26)22-7-9-28-10-8-22/h2-6,11-12H,7-10,13H2,1H3. The molecular formula is C20H20ClNO7S. The lowest BCUT2D eigenvalue weighted by Gasteiger charge is -2.26. The molecule has 160 valence electrons. The number of morpholine rings is 1. The van der Waals surface area contributed by atoms with Crippen molar-refractivity contribution in [1.29, 1.82) is 0 Å². The summed E-state index contributed by atoms with van der Waals surface area (Å²) >= 11 is 6.11. The third-order valence-corrected chi connectivity index (χ3v) is 6.85. The molecule has 8 nitrogen and oxygen atoms in total. The molecule has 30 heavy (non-hydrogen) atoms. The maximum atomic E-state index is 12.9. The molecule has 3 rings (SSSR count). The molecule has 0 atom stereocenters. The molecule has 0 saturated carbocycles. The molecule has 0 aromatic heterocycles. The van der Waals surface area contributed by atoms with E-state index in [1.165, 1.54) is 29.6 Å². The number of methoxy groups -OCH3 is 1. The monoisotopic (exact) mass is 453 g/mol. The Balaban J connectivity index is 1.76. The van der Waals surface area contributed by atoms with Gasteiger partial charge in [0.2, 0.25) is 10.0 Å². The number of rotatable bonds is 6. The Morgan fingerprint density at radius 3 is 2.47 bits per heavy atom. The molecule has 1 aliphatic rings. The molecule has 0 unspecified atom stereocenters. The van der Waals surface area contributed by atoms with Gasteiger partial charge in [-0.05, 0) is 35.9 Å². The molecule has 0 bridgehead atoms. The van der Waals surface area contributed by atoms with E-state index < -0.39 is 22.0 Å². The van der Waals surface area contributed by atoms with Crippen molar-refractivity contribution >= 4 is 33.6 Å². The van der Waals surface area contributed by atoms with E-state index in [-0.39, 0.29) is 35.2 Å². The molecule has 0 spiro atoms. The van der Waals surface area contributed by atoms with Crippen molar-refractivity contribution in [2.24, 2.45) is 0 Å². The van der Waals surface area contributed by atoms with Crippen molar-refractivity contribution < 1.29 is 32.2 Å². The number of esters is 2. The van der Waals surface area contributed by atoms with Crippen LogP contribution in [0.3, 0.4) is 0 Å². The van der Waals surface area contributed by atoms with Gasteiger partial charge in [0.1, 0.15) is 11.5 Å². The van der Waals surface area contributed by atoms with Crippen molar-refractivity contribution in [3.05, 3.63) is 64.2 Å². The largest absolute Gasteiger partial charge is 0.465 e. The van der Waals surface area contributed by atoms with Gasteiger partial charge >= 0.3 is 11.9 Å². The van der Waals surface area contributed by atoms with Crippen molar-refractivity contribution in [2.45, 2.75) is 11.5 Å². The summed E-state index contributed by atoms with van der Waals surface area (Å²) < 4.78 is 42.2. The molecular weight excluding hydrogens is 434 g/mol. The molecule has 0 amide bonds. The van der Waals surface area contributed by atoms with Gasteiger partial charge < -0.3 is 14.2 Å². The lowest BCUT2D eigenvalue weighted by molar-refractivity contribution is 0.0472. The normalized spacial score (nSPS) is 14.9. The third-order valence-electron chi connectivity index (χ3n) is 4.47. The molecule has 2 aromatic carbocycles. The Labute approximate surface area is 179 Å². The molecule has 0 N–H and O–H groups in total. The molecule has 0 radical (unpaired) electrons. The van der Waals surface area contributed by atoms with Crippen LogP contribution in [0.2, 0.25) is 5.02 Å². The van der Waals surface area contributed by atoms with E-state index in [4.69, 9.17) is 21.1 Å². The van der Waals surface area contributed by atoms with Crippen LogP contribution in [0.1, 0.15) is 26.3 Å². The van der Waals surface area contributed by atoms with E-state index in [9.17, 15) is 18.0 Å². The van der Waals surface area contributed by atoms with Gasteiger partial charge in [0.15, 0.2) is 0 Å². The first kappa shape index (κ1) is 22.2. The topological polar surface area (TPSA) is 99.2 Å². The van der Waals surface area contributed by atoms with Crippen LogP contribution in [-0.4, -0.2) is 58.1 Å². The smallest absolute Gasteiger partial charge is 0.338 e. The molecule has 0 aliphatic carbocycles. The maximum absolute atomic E-state index is 12.9. The van der Waals surface area contributed by atoms with Crippen molar-refractivity contribution in [3.63, 3.8) is 0 Å². The van der Waals surface area contributed by atoms with Crippen LogP contribution in [-0.2, 0) is 30.8 Å². The summed E-state index contributed by atoms with van der Waals surface area (Å²) in [6.07, 6.45) is 0. The van der Waals surface area contributed by atoms with E-state index >= 15 is 0 Å². The summed E-state index contributed by atoms with van der Waals surface area (Å²) in [5.74, 6) is -1.22. The number of carbonyl (C=O) groups excluding carboxylic acids is 2. The number of hydrogen-bond acceptors (Lipinski definition) is 7. The predicted octanol–water partition coefficient (Wildman–Crippen LogP) is 2.50. The van der Waals surface area contributed by atoms with Crippen LogP contribution in [0.4, 0.5) is 0 Å². The van der Waals surface area contributed by atoms with Gasteiger partial charge in [-0.2, -0.15) is 4.31 Å². The zero-order valence-electron chi connectivity index (χ0n) is 16.2. The average molecular weight is 454 g/mol. The molecule has 1 saturated heterocycles. The highest BCUT2D eigenvalue weighted by Crippen LogP contribution is 2.27. The molecule has 10 heteroatoms. The highest BCUT2D eigenvalue weighted by atomic mass is 35.5. The lowest BCUT2D eigenvalue weighted by Crippen LogP contribution is -2.40. The number of carbonyl (C=O) groups is 2. The second-order valence-corrected chi connectivity index (χ2v) is 8.74. The van der Waals surface area contributed by atoms with Crippen molar-refractivity contribution in [2.75, 3.05) is 33.4 Å². The first-order chi connectivity index (χ1) is 14.3. The Hall–Kier alpha value is -2.46. The van der Waals surface area contributed by atoms with Gasteiger partial charge in [-0.1, -0.05) is 23.7 Å². The number of benzene rings is 2. The Morgan fingerprint density at radius 1 is 1.07 bits per heavy atom. The summed E-state index contributed by atoms with van der Waals surface area (Å²) in [6, 6.07) is 10.4. The SMILES string of the molecule is COC(=O)c1cccc(COC(=O)c2ccc(Cl)c(S(=O)(=O)N3CCOCC3)c2)c1. The van der Waals surface area contributed by atoms with E-state index in [1.807, 2.05) is 0 Å². The first-order valence-electron chi connectivity index (χ1n) is 9.05. The molecule has 2 aromatic rings. The van der Waals surface area contributed by atoms with Crippen LogP contribution in [0.25, 0.3) is 0 Å². The van der Waals surface area contributed by atoms with Crippen molar-refractivity contribution in [3.8, 4) is 0 Å². The van der Waals surface area contributed by atoms with E-state index in [2.05, 4.69) is 4.74 Å². The summed E-state index contributed by atoms with van der Waals surface area (Å²) in [5.41, 5.74) is 0.966. The Morgan fingerprint density at radius 2 is 1.77 bits per heavy atom. The van der Waals surface area contributed by atoms with Crippen molar-refractivity contribution in [1.82, 2.24) is 4.31 Å². The fourth-order valence-electron chi connectivity index (χ4n) is 2.89. The fraction of sp³-hybridized carbons (Fsp3) is 0.300. The summed E-state index contributed by atoms with van der Waals surface area (Å²) in [5, 5.41) is 0.0174. The lowest BCUT2D eigenvalue weighted by atomic mass is 10.1. The summed E-state index contributed by atoms with van der Waals surface area (Å²) in [4.78, 5) is 23.9. The van der Waals surface area contributed by atoms with Crippen LogP contribution in [0.5, 0.6) is 0 Å². The highest BCUT2D eigenvalue weighted by molar-refractivity contribution is 7.89. The third kappa shape index (κ3) is 4.99. The first-order valence-corrected chi connectivity index (χ1v) is 10.9. The summed E-state index contributed by atoms with van der Waals surface area (Å²) in [6.45, 7) is 0.915. The number of nitrogens with zero attached hydrogens (tertiary/aromatic N) is 1. The number of halogens is 1. The Kier molecular flexibility index (Phi) is 7.09. The van der Waals surface area contributed by atoms with E-state index in [1.54, 1.807) is 24.3 Å². The van der Waals surface area contributed by atoms with E-state index in [0.29, 0.717) is 24.3 Å². The van der Waals surface area contributed by atoms with Crippen LogP contribution < -0.4 is 0 Å². The highest BCUT2D eigenvalue weighted by Gasteiger charge is 2.29. The van der Waals surface area contributed by atoms with E-state index in [0.717, 1.165) is 0 Å². The van der Waals surface area contributed by atoms with Gasteiger partial charge in [-0.3, -0.25) is 0 Å². The average Bonchev–Trinajstić information content (AvgIpc) is 2.77. The van der Waals surface area contributed by atoms with Gasteiger partial charge in [-0.15, -0.1) is 0 Å². The Bertz CT molecular complexity index is 1050. The number of hydrogen-bond donors (Lipinski definition) is 0. The molecule has 1 fully saturated rings. The number of ether oxygens (including phenoxy) is 3. The number of sulfonamides is 1. The van der Waals surface area contributed by atoms with Crippen LogP contribution in [0, 0.1) is 0 Å². The van der Waals surface area contributed by atoms with Gasteiger partial charge in [-0.25, -0.2) is 18.0 Å². The van der Waals surface area contributed by atoms with Gasteiger partial charge in [0, 0.05) is 13.1 Å². The van der Waals surface area contributed by atoms with Crippen LogP contribution >= 0.6 is 11.6 Å². The van der Waals surface area contributed by atoms with Gasteiger partial charge in [0.05, 0.1) is 36.5 Å². The van der Waals surface area contributed by atoms with Crippen LogP contribution in [0.15, 0.2) is 47.4 Å². The minimum atomic E-state index is -3.87. The minimum Gasteiger partial charge on any atom is -0.465 e. The molecule has 1 heterocycles. The predicted molar refractivity (Wildman–Crippen MR) is 108 cm³/mol. The fourth-order valence-corrected chi connectivity index (χ4v) is 4.80. The minimum absolute atomic E-state index is 0.0174. The van der Waals surface area contributed by atoms with Gasteiger partial charge in [0.25, 0.3) is 0 Å². The summed E-state index contributed by atoms with van der Waals surface area (Å²) in [7, 11) is -2.60. The quantitative estimate of drug-likeness (QED) is 0.619. The maximum Gasteiger partial charge on any atom is 0.338 e. The zero-order valence-corrected chi connectivity index (χ0v) is 17.7.